The van der Waals surface area contributed by atoms with E-state index in [1.165, 1.54) is 13.2 Å². The van der Waals surface area contributed by atoms with Gasteiger partial charge in [0.15, 0.2) is 11.5 Å². The average molecular weight is 531 g/mol. The molecule has 0 aliphatic rings. The molecule has 13 heteroatoms. The van der Waals surface area contributed by atoms with Crippen LogP contribution in [-0.2, 0) is 14.6 Å². The summed E-state index contributed by atoms with van der Waals surface area (Å²) in [4.78, 5) is 12.5. The number of hydrogen-bond donors (Lipinski definition) is 1. The molecule has 188 valence electrons. The molecule has 0 aliphatic heterocycles. The van der Waals surface area contributed by atoms with E-state index in [0.29, 0.717) is 40.8 Å². The summed E-state index contributed by atoms with van der Waals surface area (Å²) in [5.41, 5.74) is 0.282. The van der Waals surface area contributed by atoms with E-state index in [0.717, 1.165) is 12.0 Å². The van der Waals surface area contributed by atoms with Crippen molar-refractivity contribution in [1.29, 1.82) is 5.26 Å². The van der Waals surface area contributed by atoms with Gasteiger partial charge in [0.2, 0.25) is 19.3 Å². The fourth-order valence-corrected chi connectivity index (χ4v) is 4.27. The van der Waals surface area contributed by atoms with Gasteiger partial charge in [0.05, 0.1) is 14.2 Å². The normalized spacial score (nSPS) is 11.3. The Kier molecular flexibility index (Phi) is 8.82. The predicted octanol–water partition coefficient (Wildman–Crippen LogP) is 2.96. The zero-order valence-corrected chi connectivity index (χ0v) is 21.2. The maximum Gasteiger partial charge on any atom is 0.268 e. The predicted molar refractivity (Wildman–Crippen MR) is 132 cm³/mol. The van der Waals surface area contributed by atoms with Gasteiger partial charge in [-0.3, -0.25) is 10.1 Å². The van der Waals surface area contributed by atoms with Crippen LogP contribution in [0.3, 0.4) is 0 Å². The fraction of sp³-hybridized carbons (Fsp3) is 0.217. The summed E-state index contributed by atoms with van der Waals surface area (Å²) in [6, 6.07) is 13.9. The number of benzene rings is 2. The maximum atomic E-state index is 12.5. The molecule has 3 rings (SSSR count). The number of ether oxygens (including phenoxy) is 4. The molecule has 0 saturated carbocycles. The molecular weight excluding hydrogens is 508 g/mol. The number of carbonyl (C=O) groups is 1. The number of hydrogen-bond acceptors (Lipinski definition) is 11. The van der Waals surface area contributed by atoms with Gasteiger partial charge in [-0.25, -0.2) is 8.42 Å². The molecule has 1 N–H and O–H groups in total. The number of sulfone groups is 1. The van der Waals surface area contributed by atoms with E-state index in [4.69, 9.17) is 18.9 Å². The minimum Gasteiger partial charge on any atom is -0.497 e. The monoisotopic (exact) mass is 530 g/mol. The van der Waals surface area contributed by atoms with Gasteiger partial charge >= 0.3 is 0 Å². The van der Waals surface area contributed by atoms with E-state index in [1.54, 1.807) is 49.6 Å². The second-order valence-corrected chi connectivity index (χ2v) is 10.2. The molecule has 0 aliphatic carbocycles. The third-order valence-corrected chi connectivity index (χ3v) is 6.98. The zero-order valence-electron chi connectivity index (χ0n) is 19.5. The Labute approximate surface area is 211 Å². The first-order chi connectivity index (χ1) is 17.2. The minimum atomic E-state index is -3.55. The molecule has 0 bridgehead atoms. The van der Waals surface area contributed by atoms with Crippen molar-refractivity contribution in [2.45, 2.75) is 4.34 Å². The Balaban J connectivity index is 1.62. The standard InChI is InChI=1S/C23H22N4O7S2/c1-31-17-5-7-18(8-6-17)33-10-11-34-19-9-4-15(13-20(19)32-2)12-16(14-24)21(28)25-22-26-27-23(35-22)36(3,29)30/h4-9,12-13H,10-11H2,1-3H3,(H,25,26,28). The van der Waals surface area contributed by atoms with Crippen LogP contribution in [0.2, 0.25) is 0 Å². The molecule has 0 radical (unpaired) electrons. The Hall–Kier alpha value is -4.15. The number of anilines is 1. The number of amides is 1. The van der Waals surface area contributed by atoms with E-state index >= 15 is 0 Å². The first kappa shape index (κ1) is 26.5. The average Bonchev–Trinajstić information content (AvgIpc) is 3.35. The molecule has 1 amide bonds. The lowest BCUT2D eigenvalue weighted by Crippen LogP contribution is -2.13. The Morgan fingerprint density at radius 2 is 1.72 bits per heavy atom. The first-order valence-corrected chi connectivity index (χ1v) is 13.0. The number of nitrogens with one attached hydrogen (secondary N) is 1. The van der Waals surface area contributed by atoms with E-state index in [9.17, 15) is 18.5 Å². The van der Waals surface area contributed by atoms with Gasteiger partial charge in [-0.15, -0.1) is 10.2 Å². The van der Waals surface area contributed by atoms with Crippen molar-refractivity contribution in [3.05, 3.63) is 53.6 Å². The van der Waals surface area contributed by atoms with Gasteiger partial charge in [0.1, 0.15) is 36.4 Å². The van der Waals surface area contributed by atoms with Gasteiger partial charge in [-0.2, -0.15) is 5.26 Å². The number of nitrogens with zero attached hydrogens (tertiary/aromatic N) is 3. The molecule has 0 atom stereocenters. The van der Waals surface area contributed by atoms with Gasteiger partial charge < -0.3 is 18.9 Å². The largest absolute Gasteiger partial charge is 0.497 e. The number of rotatable bonds is 11. The second kappa shape index (κ2) is 12.0. The fourth-order valence-electron chi connectivity index (χ4n) is 2.77. The van der Waals surface area contributed by atoms with Gasteiger partial charge in [-0.1, -0.05) is 17.4 Å². The van der Waals surface area contributed by atoms with E-state index in [2.05, 4.69) is 15.5 Å². The molecule has 2 aromatic carbocycles. The molecule has 1 aromatic heterocycles. The van der Waals surface area contributed by atoms with Crippen molar-refractivity contribution < 1.29 is 32.2 Å². The lowest BCUT2D eigenvalue weighted by molar-refractivity contribution is -0.112. The van der Waals surface area contributed by atoms with Crippen LogP contribution >= 0.6 is 11.3 Å². The smallest absolute Gasteiger partial charge is 0.268 e. The Morgan fingerprint density at radius 3 is 2.33 bits per heavy atom. The van der Waals surface area contributed by atoms with Gasteiger partial charge in [0, 0.05) is 6.26 Å². The van der Waals surface area contributed by atoms with Crippen LogP contribution in [0.25, 0.3) is 6.08 Å². The van der Waals surface area contributed by atoms with Crippen LogP contribution in [0.4, 0.5) is 5.13 Å². The molecule has 11 nitrogen and oxygen atoms in total. The summed E-state index contributed by atoms with van der Waals surface area (Å²) in [5.74, 6) is 1.50. The van der Waals surface area contributed by atoms with Gasteiger partial charge in [0.25, 0.3) is 5.91 Å². The highest BCUT2D eigenvalue weighted by molar-refractivity contribution is 7.92. The second-order valence-electron chi connectivity index (χ2n) is 7.05. The number of nitriles is 1. The quantitative estimate of drug-likeness (QED) is 0.170. The highest BCUT2D eigenvalue weighted by Crippen LogP contribution is 2.29. The molecule has 36 heavy (non-hydrogen) atoms. The summed E-state index contributed by atoms with van der Waals surface area (Å²) in [7, 11) is -0.495. The minimum absolute atomic E-state index is 0.0419. The molecule has 0 saturated heterocycles. The van der Waals surface area contributed by atoms with Crippen LogP contribution in [0.1, 0.15) is 5.56 Å². The Bertz CT molecular complexity index is 1390. The lowest BCUT2D eigenvalue weighted by Gasteiger charge is -2.12. The van der Waals surface area contributed by atoms with Crippen LogP contribution in [0, 0.1) is 11.3 Å². The molecule has 3 aromatic rings. The van der Waals surface area contributed by atoms with E-state index in [-0.39, 0.29) is 21.7 Å². The highest BCUT2D eigenvalue weighted by atomic mass is 32.2. The van der Waals surface area contributed by atoms with Crippen LogP contribution in [0.15, 0.2) is 52.4 Å². The third kappa shape index (κ3) is 7.17. The summed E-state index contributed by atoms with van der Waals surface area (Å²) < 4.78 is 44.6. The SMILES string of the molecule is COc1ccc(OCCOc2ccc(C=C(C#N)C(=O)Nc3nnc(S(C)(=O)=O)s3)cc2OC)cc1. The zero-order chi connectivity index (χ0) is 26.1. The first-order valence-electron chi connectivity index (χ1n) is 10.3. The van der Waals surface area contributed by atoms with Crippen molar-refractivity contribution in [2.75, 3.05) is 39.0 Å². The van der Waals surface area contributed by atoms with Crippen LogP contribution in [0.5, 0.6) is 23.0 Å². The van der Waals surface area contributed by atoms with Crippen molar-refractivity contribution in [3.8, 4) is 29.1 Å². The topological polar surface area (TPSA) is 150 Å². The van der Waals surface area contributed by atoms with Crippen molar-refractivity contribution in [1.82, 2.24) is 10.2 Å². The highest BCUT2D eigenvalue weighted by Gasteiger charge is 2.17. The summed E-state index contributed by atoms with van der Waals surface area (Å²) >= 11 is 0.689. The van der Waals surface area contributed by atoms with E-state index in [1.807, 2.05) is 6.07 Å². The number of aromatic nitrogens is 2. The number of methoxy groups -OCH3 is 2. The molecule has 1 heterocycles. The van der Waals surface area contributed by atoms with Crippen LogP contribution < -0.4 is 24.3 Å². The van der Waals surface area contributed by atoms with Gasteiger partial charge in [-0.05, 0) is 48.0 Å². The molecular formula is C23H22N4O7S2. The molecule has 0 fully saturated rings. The van der Waals surface area contributed by atoms with Crippen LogP contribution in [-0.4, -0.2) is 58.2 Å². The summed E-state index contributed by atoms with van der Waals surface area (Å²) in [6.45, 7) is 0.545. The molecule has 0 spiro atoms. The summed E-state index contributed by atoms with van der Waals surface area (Å²) in [5, 5.41) is 18.9. The van der Waals surface area contributed by atoms with Crippen molar-refractivity contribution in [2.24, 2.45) is 0 Å². The van der Waals surface area contributed by atoms with Crippen molar-refractivity contribution in [3.63, 3.8) is 0 Å². The van der Waals surface area contributed by atoms with Crippen molar-refractivity contribution >= 4 is 38.3 Å². The maximum absolute atomic E-state index is 12.5. The Morgan fingerprint density at radius 1 is 1.03 bits per heavy atom. The summed E-state index contributed by atoms with van der Waals surface area (Å²) in [6.07, 6.45) is 2.33. The number of carbonyl (C=O) groups excluding carboxylic acids is 1. The van der Waals surface area contributed by atoms with E-state index < -0.39 is 15.7 Å². The third-order valence-electron chi connectivity index (χ3n) is 4.48. The molecule has 0 unspecified atom stereocenters. The lowest BCUT2D eigenvalue weighted by atomic mass is 10.1.